The Morgan fingerprint density at radius 2 is 1.80 bits per heavy atom. The molecule has 2 aromatic carbocycles. The van der Waals surface area contributed by atoms with E-state index in [0.717, 1.165) is 3.97 Å². The van der Waals surface area contributed by atoms with Crippen molar-refractivity contribution < 1.29 is 18.0 Å². The van der Waals surface area contributed by atoms with Crippen LogP contribution in [0.4, 0.5) is 16.3 Å². The highest BCUT2D eigenvalue weighted by atomic mass is 79.9. The van der Waals surface area contributed by atoms with Crippen LogP contribution in [0.5, 0.6) is 0 Å². The van der Waals surface area contributed by atoms with Gasteiger partial charge in [-0.05, 0) is 67.0 Å². The predicted molar refractivity (Wildman–Crippen MR) is 161 cm³/mol. The first-order valence-corrected chi connectivity index (χ1v) is 15.3. The Morgan fingerprint density at radius 1 is 1.05 bits per heavy atom. The Bertz CT molecular complexity index is 1710. The van der Waals surface area contributed by atoms with Crippen molar-refractivity contribution in [2.75, 3.05) is 29.9 Å². The summed E-state index contributed by atoms with van der Waals surface area (Å²) in [4.78, 5) is 38.3. The molecule has 1 aliphatic rings. The summed E-state index contributed by atoms with van der Waals surface area (Å²) in [5, 5.41) is 6.33. The van der Waals surface area contributed by atoms with E-state index in [4.69, 9.17) is 0 Å². The molecule has 0 bridgehead atoms. The molecule has 1 saturated heterocycles. The summed E-state index contributed by atoms with van der Waals surface area (Å²) in [5.74, 6) is 0.380. The molecule has 0 spiro atoms. The first-order valence-electron chi connectivity index (χ1n) is 13.1. The molecule has 0 aliphatic carbocycles. The van der Waals surface area contributed by atoms with Crippen LogP contribution in [-0.2, 0) is 10.0 Å². The van der Waals surface area contributed by atoms with Crippen molar-refractivity contribution in [1.82, 2.24) is 24.2 Å². The van der Waals surface area contributed by atoms with E-state index in [-0.39, 0.29) is 34.6 Å². The number of rotatable bonds is 6. The number of carbonyl (C=O) groups is 2. The summed E-state index contributed by atoms with van der Waals surface area (Å²) in [6, 6.07) is 14.6. The fourth-order valence-corrected chi connectivity index (χ4v) is 6.87. The lowest BCUT2D eigenvalue weighted by molar-refractivity contribution is 0.0943. The molecule has 41 heavy (non-hydrogen) atoms. The largest absolute Gasteiger partial charge is 0.352 e. The lowest BCUT2D eigenvalue weighted by Gasteiger charge is -2.40. The monoisotopic (exact) mass is 639 g/mol. The number of hydrogen-bond donors (Lipinski definition) is 2. The van der Waals surface area contributed by atoms with E-state index in [1.54, 1.807) is 59.5 Å². The van der Waals surface area contributed by atoms with E-state index < -0.39 is 10.0 Å². The normalized spacial score (nSPS) is 15.8. The zero-order valence-corrected chi connectivity index (χ0v) is 25.2. The quantitative estimate of drug-likeness (QED) is 0.321. The van der Waals surface area contributed by atoms with Crippen molar-refractivity contribution in [2.45, 2.75) is 37.8 Å². The molecular weight excluding hydrogens is 610 g/mol. The summed E-state index contributed by atoms with van der Waals surface area (Å²) >= 11 is 3.52. The minimum absolute atomic E-state index is 0.00135. The Labute approximate surface area is 246 Å². The molecule has 1 unspecified atom stereocenters. The van der Waals surface area contributed by atoms with Crippen LogP contribution in [0.15, 0.2) is 76.5 Å². The molecule has 5 rings (SSSR count). The van der Waals surface area contributed by atoms with Crippen molar-refractivity contribution in [3.05, 3.63) is 77.2 Å². The van der Waals surface area contributed by atoms with Crippen LogP contribution < -0.4 is 15.5 Å². The van der Waals surface area contributed by atoms with Gasteiger partial charge in [0.1, 0.15) is 12.1 Å². The van der Waals surface area contributed by atoms with Gasteiger partial charge in [0.05, 0.1) is 10.3 Å². The third-order valence-corrected chi connectivity index (χ3v) is 9.03. The molecular formula is C28H30BrN7O4S. The van der Waals surface area contributed by atoms with E-state index in [0.29, 0.717) is 46.6 Å². The molecule has 3 amide bonds. The maximum absolute atomic E-state index is 13.4. The molecule has 2 aromatic heterocycles. The SMILES string of the molecule is CC(C)NC(=O)c1cccc(NC(=O)N2CCN(c3ncnc4c3c(Br)cn4S(=O)(=O)c3ccccc3)CC2C)c1. The summed E-state index contributed by atoms with van der Waals surface area (Å²) in [6.45, 7) is 7.07. The molecule has 4 aromatic rings. The van der Waals surface area contributed by atoms with Gasteiger partial charge in [0, 0.05) is 53.6 Å². The lowest BCUT2D eigenvalue weighted by atomic mass is 10.1. The van der Waals surface area contributed by atoms with Gasteiger partial charge in [0.15, 0.2) is 5.65 Å². The Balaban J connectivity index is 1.34. The van der Waals surface area contributed by atoms with Crippen molar-refractivity contribution in [3.63, 3.8) is 0 Å². The first-order chi connectivity index (χ1) is 19.6. The number of urea groups is 1. The maximum Gasteiger partial charge on any atom is 0.322 e. The first kappa shape index (κ1) is 28.6. The number of aromatic nitrogens is 3. The molecule has 1 fully saturated rings. The van der Waals surface area contributed by atoms with Gasteiger partial charge in [-0.15, -0.1) is 0 Å². The maximum atomic E-state index is 13.4. The van der Waals surface area contributed by atoms with Crippen molar-refractivity contribution >= 4 is 60.4 Å². The number of fused-ring (bicyclic) bond motifs is 1. The minimum atomic E-state index is -3.88. The molecule has 2 N–H and O–H groups in total. The van der Waals surface area contributed by atoms with Crippen molar-refractivity contribution in [2.24, 2.45) is 0 Å². The number of nitrogens with one attached hydrogen (secondary N) is 2. The van der Waals surface area contributed by atoms with Crippen LogP contribution in [0, 0.1) is 0 Å². The highest BCUT2D eigenvalue weighted by Gasteiger charge is 2.31. The van der Waals surface area contributed by atoms with Gasteiger partial charge in [-0.25, -0.2) is 27.2 Å². The van der Waals surface area contributed by atoms with E-state index in [9.17, 15) is 18.0 Å². The summed E-state index contributed by atoms with van der Waals surface area (Å²) in [5.41, 5.74) is 1.26. The van der Waals surface area contributed by atoms with Crippen LogP contribution >= 0.6 is 15.9 Å². The summed E-state index contributed by atoms with van der Waals surface area (Å²) in [6.07, 6.45) is 2.85. The predicted octanol–water partition coefficient (Wildman–Crippen LogP) is 4.31. The number of amides is 3. The van der Waals surface area contributed by atoms with Gasteiger partial charge in [0.25, 0.3) is 15.9 Å². The fraction of sp³-hybridized carbons (Fsp3) is 0.286. The number of nitrogens with zero attached hydrogens (tertiary/aromatic N) is 5. The van der Waals surface area contributed by atoms with Crippen LogP contribution in [-0.4, -0.2) is 70.9 Å². The Morgan fingerprint density at radius 3 is 2.51 bits per heavy atom. The molecule has 3 heterocycles. The average Bonchev–Trinajstić information content (AvgIpc) is 3.30. The van der Waals surface area contributed by atoms with Gasteiger partial charge >= 0.3 is 6.03 Å². The second-order valence-electron chi connectivity index (χ2n) is 10.1. The van der Waals surface area contributed by atoms with Gasteiger partial charge in [-0.3, -0.25) is 4.79 Å². The Kier molecular flexibility index (Phi) is 8.00. The molecule has 1 aliphatic heterocycles. The molecule has 0 radical (unpaired) electrons. The molecule has 0 saturated carbocycles. The number of halogens is 1. The van der Waals surface area contributed by atoms with Crippen molar-refractivity contribution in [3.8, 4) is 0 Å². The number of piperazine rings is 1. The molecule has 13 heteroatoms. The average molecular weight is 641 g/mol. The summed E-state index contributed by atoms with van der Waals surface area (Å²) in [7, 11) is -3.88. The second-order valence-corrected chi connectivity index (χ2v) is 12.8. The van der Waals surface area contributed by atoms with Crippen LogP contribution in [0.3, 0.4) is 0 Å². The zero-order chi connectivity index (χ0) is 29.3. The highest BCUT2D eigenvalue weighted by Crippen LogP contribution is 2.35. The third-order valence-electron chi connectivity index (χ3n) is 6.77. The second kappa shape index (κ2) is 11.5. The van der Waals surface area contributed by atoms with Gasteiger partial charge in [0.2, 0.25) is 0 Å². The highest BCUT2D eigenvalue weighted by molar-refractivity contribution is 9.10. The van der Waals surface area contributed by atoms with E-state index in [1.165, 1.54) is 12.5 Å². The number of carbonyl (C=O) groups excluding carboxylic acids is 2. The van der Waals surface area contributed by atoms with Crippen molar-refractivity contribution in [1.29, 1.82) is 0 Å². The Hall–Kier alpha value is -3.97. The van der Waals surface area contributed by atoms with E-state index in [1.807, 2.05) is 25.7 Å². The third kappa shape index (κ3) is 5.77. The van der Waals surface area contributed by atoms with Gasteiger partial charge in [-0.2, -0.15) is 0 Å². The molecule has 11 nitrogen and oxygen atoms in total. The lowest BCUT2D eigenvalue weighted by Crippen LogP contribution is -2.55. The van der Waals surface area contributed by atoms with Crippen LogP contribution in [0.25, 0.3) is 11.0 Å². The summed E-state index contributed by atoms with van der Waals surface area (Å²) < 4.78 is 28.5. The van der Waals surface area contributed by atoms with Gasteiger partial charge < -0.3 is 20.4 Å². The molecule has 1 atom stereocenters. The fourth-order valence-electron chi connectivity index (χ4n) is 4.84. The number of hydrogen-bond acceptors (Lipinski definition) is 7. The topological polar surface area (TPSA) is 130 Å². The number of anilines is 2. The minimum Gasteiger partial charge on any atom is -0.352 e. The van der Waals surface area contributed by atoms with Gasteiger partial charge in [-0.1, -0.05) is 24.3 Å². The van der Waals surface area contributed by atoms with Crippen LogP contribution in [0.1, 0.15) is 31.1 Å². The number of benzene rings is 2. The van der Waals surface area contributed by atoms with E-state index in [2.05, 4.69) is 36.5 Å². The molecule has 214 valence electrons. The standard InChI is InChI=1S/C28H30BrN7O4S/c1-18(2)32-27(37)20-8-7-9-21(14-20)33-28(38)35-13-12-34(15-19(35)3)25-24-23(29)16-36(26(24)31-17-30-25)41(39,40)22-10-5-4-6-11-22/h4-11,14,16-19H,12-13,15H2,1-3H3,(H,32,37)(H,33,38). The zero-order valence-electron chi connectivity index (χ0n) is 22.8. The smallest absolute Gasteiger partial charge is 0.322 e. The van der Waals surface area contributed by atoms with Crippen LogP contribution in [0.2, 0.25) is 0 Å². The van der Waals surface area contributed by atoms with E-state index >= 15 is 0 Å².